The Bertz CT molecular complexity index is 496. The maximum atomic E-state index is 11.4. The third-order valence-electron chi connectivity index (χ3n) is 8.64. The molecule has 0 saturated heterocycles. The second-order valence-corrected chi connectivity index (χ2v) is 9.61. The highest BCUT2D eigenvalue weighted by molar-refractivity contribution is 5.12. The van der Waals surface area contributed by atoms with Crippen LogP contribution in [0, 0.1) is 28.6 Å². The first-order valence-electron chi connectivity index (χ1n) is 9.97. The van der Waals surface area contributed by atoms with Gasteiger partial charge in [-0.2, -0.15) is 0 Å². The van der Waals surface area contributed by atoms with Gasteiger partial charge in [-0.25, -0.2) is 0 Å². The van der Waals surface area contributed by atoms with Gasteiger partial charge in [0.05, 0.1) is 23.9 Å². The predicted octanol–water partition coefficient (Wildman–Crippen LogP) is 1.45. The van der Waals surface area contributed by atoms with E-state index >= 15 is 0 Å². The fourth-order valence-corrected chi connectivity index (χ4v) is 6.84. The van der Waals surface area contributed by atoms with Crippen LogP contribution in [0.5, 0.6) is 0 Å². The van der Waals surface area contributed by atoms with Gasteiger partial charge in [0.1, 0.15) is 0 Å². The summed E-state index contributed by atoms with van der Waals surface area (Å²) in [5, 5.41) is 52.7. The molecule has 25 heavy (non-hydrogen) atoms. The summed E-state index contributed by atoms with van der Waals surface area (Å²) in [5.41, 5.74) is -2.06. The van der Waals surface area contributed by atoms with E-state index in [0.717, 1.165) is 25.7 Å². The van der Waals surface area contributed by atoms with E-state index in [-0.39, 0.29) is 42.3 Å². The molecule has 3 rings (SSSR count). The molecule has 0 aromatic heterocycles. The molecule has 0 radical (unpaired) electrons. The van der Waals surface area contributed by atoms with Gasteiger partial charge < -0.3 is 25.5 Å². The van der Waals surface area contributed by atoms with E-state index in [1.165, 1.54) is 0 Å². The molecule has 0 heterocycles. The Morgan fingerprint density at radius 3 is 2.28 bits per heavy atom. The van der Waals surface area contributed by atoms with Crippen LogP contribution in [0.15, 0.2) is 0 Å². The summed E-state index contributed by atoms with van der Waals surface area (Å²) in [5.74, 6) is 0.336. The van der Waals surface area contributed by atoms with Crippen LogP contribution in [0.2, 0.25) is 0 Å². The molecular weight excluding hydrogens is 320 g/mol. The van der Waals surface area contributed by atoms with Gasteiger partial charge in [-0.1, -0.05) is 13.8 Å². The van der Waals surface area contributed by atoms with Gasteiger partial charge >= 0.3 is 0 Å². The second-order valence-electron chi connectivity index (χ2n) is 9.61. The van der Waals surface area contributed by atoms with Crippen molar-refractivity contribution in [3.05, 3.63) is 0 Å². The number of aliphatic hydroxyl groups is 5. The average Bonchev–Trinajstić information content (AvgIpc) is 2.85. The van der Waals surface area contributed by atoms with E-state index in [1.807, 2.05) is 6.92 Å². The van der Waals surface area contributed by atoms with Gasteiger partial charge in [-0.15, -0.1) is 0 Å². The molecule has 5 N–H and O–H groups in total. The van der Waals surface area contributed by atoms with Crippen LogP contribution in [0.25, 0.3) is 0 Å². The molecule has 0 bridgehead atoms. The third-order valence-corrected chi connectivity index (χ3v) is 8.64. The standard InChI is InChI=1S/C20H36O5/c1-12(22)20(25)10-13(23)6-9-19(20,3)16-7-8-18(2)15(14(16)11-21)4-5-17(18)24/h12-17,21-25H,4-11H2,1-3H3/t12-,13+,14+,15+,16+,17+,18+,19-,20+/m1/s1. The molecule has 0 aliphatic heterocycles. The molecule has 0 amide bonds. The molecule has 5 nitrogen and oxygen atoms in total. The van der Waals surface area contributed by atoms with Gasteiger partial charge in [0.15, 0.2) is 0 Å². The zero-order valence-corrected chi connectivity index (χ0v) is 15.9. The minimum absolute atomic E-state index is 0.0152. The molecule has 146 valence electrons. The molecule has 3 aliphatic carbocycles. The zero-order valence-electron chi connectivity index (χ0n) is 15.9. The summed E-state index contributed by atoms with van der Waals surface area (Å²) in [6, 6.07) is 0. The summed E-state index contributed by atoms with van der Waals surface area (Å²) < 4.78 is 0. The van der Waals surface area contributed by atoms with Crippen molar-refractivity contribution in [2.75, 3.05) is 6.61 Å². The normalized spacial score (nSPS) is 55.0. The van der Waals surface area contributed by atoms with Gasteiger partial charge in [0.25, 0.3) is 0 Å². The maximum Gasteiger partial charge on any atom is 0.0983 e. The van der Waals surface area contributed by atoms with Crippen LogP contribution in [0.4, 0.5) is 0 Å². The topological polar surface area (TPSA) is 101 Å². The largest absolute Gasteiger partial charge is 0.396 e. The quantitative estimate of drug-likeness (QED) is 0.527. The lowest BCUT2D eigenvalue weighted by molar-refractivity contribution is -0.229. The SMILES string of the molecule is C[C@@H](O)[C@@]1(O)C[C@@H](O)CC[C@]1(C)[C@H]1CC[C@]2(C)[C@@H](O)CC[C@H]2[C@@H]1CO. The number of hydrogen-bond donors (Lipinski definition) is 5. The Morgan fingerprint density at radius 2 is 1.68 bits per heavy atom. The van der Waals surface area contributed by atoms with Crippen molar-refractivity contribution in [2.24, 2.45) is 28.6 Å². The van der Waals surface area contributed by atoms with Crippen LogP contribution in [0.1, 0.15) is 65.7 Å². The lowest BCUT2D eigenvalue weighted by Crippen LogP contribution is -2.64. The van der Waals surface area contributed by atoms with Gasteiger partial charge in [0, 0.05) is 18.4 Å². The van der Waals surface area contributed by atoms with Crippen LogP contribution in [-0.2, 0) is 0 Å². The minimum Gasteiger partial charge on any atom is -0.396 e. The zero-order chi connectivity index (χ0) is 18.6. The summed E-state index contributed by atoms with van der Waals surface area (Å²) in [7, 11) is 0. The summed E-state index contributed by atoms with van der Waals surface area (Å²) >= 11 is 0. The van der Waals surface area contributed by atoms with Crippen molar-refractivity contribution in [2.45, 2.75) is 89.6 Å². The van der Waals surface area contributed by atoms with E-state index < -0.39 is 23.2 Å². The highest BCUT2D eigenvalue weighted by Gasteiger charge is 2.63. The fraction of sp³-hybridized carbons (Fsp3) is 1.00. The van der Waals surface area contributed by atoms with Crippen molar-refractivity contribution in [3.8, 4) is 0 Å². The molecule has 0 aromatic rings. The van der Waals surface area contributed by atoms with Crippen molar-refractivity contribution in [3.63, 3.8) is 0 Å². The van der Waals surface area contributed by atoms with Crippen molar-refractivity contribution in [1.82, 2.24) is 0 Å². The first-order chi connectivity index (χ1) is 11.6. The van der Waals surface area contributed by atoms with Crippen LogP contribution in [-0.4, -0.2) is 56.1 Å². The molecular formula is C20H36O5. The highest BCUT2D eigenvalue weighted by atomic mass is 16.3. The summed E-state index contributed by atoms with van der Waals surface area (Å²) in [4.78, 5) is 0. The van der Waals surface area contributed by atoms with Gasteiger partial charge in [-0.05, 0) is 68.6 Å². The summed E-state index contributed by atoms with van der Waals surface area (Å²) in [6.45, 7) is 5.83. The third kappa shape index (κ3) is 2.69. The number of hydrogen-bond acceptors (Lipinski definition) is 5. The van der Waals surface area contributed by atoms with Crippen molar-refractivity contribution >= 4 is 0 Å². The Kier molecular flexibility index (Phi) is 5.05. The van der Waals surface area contributed by atoms with Crippen molar-refractivity contribution < 1.29 is 25.5 Å². The first kappa shape index (κ1) is 19.6. The van der Waals surface area contributed by atoms with Crippen LogP contribution in [0.3, 0.4) is 0 Å². The fourth-order valence-electron chi connectivity index (χ4n) is 6.84. The Morgan fingerprint density at radius 1 is 1.00 bits per heavy atom. The first-order valence-corrected chi connectivity index (χ1v) is 9.97. The number of fused-ring (bicyclic) bond motifs is 1. The van der Waals surface area contributed by atoms with E-state index in [2.05, 4.69) is 6.92 Å². The summed E-state index contributed by atoms with van der Waals surface area (Å²) in [6.07, 6.45) is 2.99. The minimum atomic E-state index is -1.35. The van der Waals surface area contributed by atoms with Gasteiger partial charge in [0.2, 0.25) is 0 Å². The monoisotopic (exact) mass is 356 g/mol. The second kappa shape index (κ2) is 6.45. The van der Waals surface area contributed by atoms with E-state index in [1.54, 1.807) is 6.92 Å². The molecule has 0 unspecified atom stereocenters. The van der Waals surface area contributed by atoms with Crippen LogP contribution < -0.4 is 0 Å². The molecule has 0 spiro atoms. The number of rotatable bonds is 3. The molecule has 3 aliphatic rings. The molecule has 0 aromatic carbocycles. The smallest absolute Gasteiger partial charge is 0.0983 e. The van der Waals surface area contributed by atoms with E-state index in [0.29, 0.717) is 12.8 Å². The molecule has 9 atom stereocenters. The Labute approximate surface area is 151 Å². The van der Waals surface area contributed by atoms with E-state index in [4.69, 9.17) is 0 Å². The average molecular weight is 357 g/mol. The van der Waals surface area contributed by atoms with Gasteiger partial charge in [-0.3, -0.25) is 0 Å². The maximum absolute atomic E-state index is 11.4. The lowest BCUT2D eigenvalue weighted by Gasteiger charge is -2.60. The molecule has 3 fully saturated rings. The predicted molar refractivity (Wildman–Crippen MR) is 94.7 cm³/mol. The van der Waals surface area contributed by atoms with Crippen LogP contribution >= 0.6 is 0 Å². The van der Waals surface area contributed by atoms with Crippen molar-refractivity contribution in [1.29, 1.82) is 0 Å². The Balaban J connectivity index is 1.96. The number of aliphatic hydroxyl groups excluding tert-OH is 4. The Hall–Kier alpha value is -0.200. The lowest BCUT2D eigenvalue weighted by atomic mass is 9.47. The molecule has 3 saturated carbocycles. The molecule has 5 heteroatoms. The van der Waals surface area contributed by atoms with E-state index in [9.17, 15) is 25.5 Å². The highest BCUT2D eigenvalue weighted by Crippen LogP contribution is 2.63.